The number of rotatable bonds is 66. The number of carbonyl (C=O) groups excluding carboxylic acids is 1. The van der Waals surface area contributed by atoms with Crippen LogP contribution in [0.4, 0.5) is 0 Å². The zero-order valence-electron chi connectivity index (χ0n) is 59.7. The predicted molar refractivity (Wildman–Crippen MR) is 403 cm³/mol. The van der Waals surface area contributed by atoms with Crippen molar-refractivity contribution in [1.29, 1.82) is 0 Å². The largest absolute Gasteiger partial charge is 0.756 e. The van der Waals surface area contributed by atoms with Crippen LogP contribution < -0.4 is 10.2 Å². The van der Waals surface area contributed by atoms with Gasteiger partial charge in [0.05, 0.1) is 39.9 Å². The number of hydrogen-bond acceptors (Lipinski definition) is 6. The summed E-state index contributed by atoms with van der Waals surface area (Å²) in [6, 6.07) is -0.950. The van der Waals surface area contributed by atoms with Gasteiger partial charge in [-0.25, -0.2) is 0 Å². The summed E-state index contributed by atoms with van der Waals surface area (Å²) in [6.45, 7) is 4.47. The van der Waals surface area contributed by atoms with E-state index in [4.69, 9.17) is 9.05 Å². The van der Waals surface area contributed by atoms with Crippen molar-refractivity contribution in [1.82, 2.24) is 5.32 Å². The van der Waals surface area contributed by atoms with Gasteiger partial charge in [-0.2, -0.15) is 0 Å². The first-order valence-corrected chi connectivity index (χ1v) is 38.6. The van der Waals surface area contributed by atoms with Gasteiger partial charge in [0.25, 0.3) is 7.82 Å². The van der Waals surface area contributed by atoms with Gasteiger partial charge in [0.1, 0.15) is 13.2 Å². The van der Waals surface area contributed by atoms with Crippen LogP contribution in [0.25, 0.3) is 0 Å². The minimum absolute atomic E-state index is 0.0276. The molecule has 3 unspecified atom stereocenters. The number of unbranched alkanes of at least 4 members (excludes halogenated alkanes) is 25. The van der Waals surface area contributed by atoms with Gasteiger partial charge in [-0.3, -0.25) is 9.36 Å². The molecular formula is C83H139N2O6P. The number of allylic oxidation sites excluding steroid dienone is 29. The van der Waals surface area contributed by atoms with Crippen LogP contribution in [0.15, 0.2) is 182 Å². The number of quaternary nitrogens is 1. The van der Waals surface area contributed by atoms with Gasteiger partial charge in [0, 0.05) is 6.42 Å². The molecule has 3 atom stereocenters. The molecule has 0 saturated carbocycles. The summed E-state index contributed by atoms with van der Waals surface area (Å²) in [7, 11) is 1.18. The van der Waals surface area contributed by atoms with E-state index in [2.05, 4.69) is 189 Å². The van der Waals surface area contributed by atoms with Crippen molar-refractivity contribution in [2.75, 3.05) is 40.9 Å². The van der Waals surface area contributed by atoms with Crippen molar-refractivity contribution in [3.8, 4) is 0 Å². The second kappa shape index (κ2) is 70.9. The monoisotopic (exact) mass is 1290 g/mol. The molecule has 0 heterocycles. The standard InChI is InChI=1S/C83H139N2O6P/c1-6-8-10-12-14-16-18-20-22-24-26-28-30-32-34-36-38-39-40-41-42-43-44-45-47-49-51-53-55-57-59-61-63-65-67-69-71-73-75-77-83(87)84-81(80-91-92(88,89)90-79-78-85(3,4)5)82(86)76-74-72-70-68-66-64-62-60-58-56-54-52-50-48-46-37-35-33-31-29-27-25-23-21-19-17-15-13-11-9-7-2/h8,10,14,16,20,22,26,28,32,34,38-39,41-42,44-45,49,51,55,57-58,60-61,63,66-69,74,76,81-82,86H,6-7,9,11-13,15,17-19,21,23-25,27,29-31,33,35-37,40,43,46-48,50,52-54,56,59,62,64-65,70-73,75,77-80H2,1-5H3,(H-,84,87,88,89)/b10-8-,16-14-,22-20-,28-26-,34-32-,39-38-,42-41-,45-44-,51-49-,57-55-,60-58+,63-61-,68-66+,69-67-,76-74+. The molecule has 0 fully saturated rings. The van der Waals surface area contributed by atoms with E-state index in [1.807, 2.05) is 27.2 Å². The van der Waals surface area contributed by atoms with E-state index in [-0.39, 0.29) is 18.9 Å². The summed E-state index contributed by atoms with van der Waals surface area (Å²) < 4.78 is 23.4. The molecule has 0 radical (unpaired) electrons. The summed E-state index contributed by atoms with van der Waals surface area (Å²) >= 11 is 0. The summed E-state index contributed by atoms with van der Waals surface area (Å²) in [5.74, 6) is -0.259. The van der Waals surface area contributed by atoms with Gasteiger partial charge in [0.2, 0.25) is 5.91 Å². The van der Waals surface area contributed by atoms with E-state index < -0.39 is 26.6 Å². The molecule has 0 bridgehead atoms. The number of phosphoric ester groups is 1. The number of nitrogens with one attached hydrogen (secondary N) is 1. The molecule has 0 aliphatic rings. The lowest BCUT2D eigenvalue weighted by Gasteiger charge is -2.29. The molecule has 0 aliphatic carbocycles. The lowest BCUT2D eigenvalue weighted by molar-refractivity contribution is -0.870. The van der Waals surface area contributed by atoms with Crippen LogP contribution in [0.1, 0.15) is 284 Å². The van der Waals surface area contributed by atoms with Crippen LogP contribution in [0.3, 0.4) is 0 Å². The smallest absolute Gasteiger partial charge is 0.268 e. The van der Waals surface area contributed by atoms with E-state index in [1.165, 1.54) is 141 Å². The minimum Gasteiger partial charge on any atom is -0.756 e. The Morgan fingerprint density at radius 3 is 1.01 bits per heavy atom. The fourth-order valence-corrected chi connectivity index (χ4v) is 10.6. The molecule has 92 heavy (non-hydrogen) atoms. The maximum absolute atomic E-state index is 13.0. The highest BCUT2D eigenvalue weighted by Crippen LogP contribution is 2.38. The number of nitrogens with zero attached hydrogens (tertiary/aromatic N) is 1. The van der Waals surface area contributed by atoms with Gasteiger partial charge in [-0.15, -0.1) is 0 Å². The maximum Gasteiger partial charge on any atom is 0.268 e. The summed E-state index contributed by atoms with van der Waals surface area (Å²) in [4.78, 5) is 25.6. The number of hydrogen-bond donors (Lipinski definition) is 2. The molecule has 0 aromatic heterocycles. The third-order valence-corrected chi connectivity index (χ3v) is 16.5. The predicted octanol–water partition coefficient (Wildman–Crippen LogP) is 23.8. The fraction of sp³-hybridized carbons (Fsp3) is 0.627. The molecule has 0 saturated heterocycles. The van der Waals surface area contributed by atoms with Gasteiger partial charge in [0.15, 0.2) is 0 Å². The highest BCUT2D eigenvalue weighted by molar-refractivity contribution is 7.45. The molecule has 0 aromatic rings. The van der Waals surface area contributed by atoms with Crippen molar-refractivity contribution >= 4 is 13.7 Å². The first-order valence-electron chi connectivity index (χ1n) is 37.1. The molecule has 522 valence electrons. The normalized spacial score (nSPS) is 14.6. The van der Waals surface area contributed by atoms with Crippen molar-refractivity contribution in [2.24, 2.45) is 0 Å². The van der Waals surface area contributed by atoms with Gasteiger partial charge in [-0.1, -0.05) is 325 Å². The van der Waals surface area contributed by atoms with E-state index in [9.17, 15) is 19.4 Å². The number of aliphatic hydroxyl groups is 1. The van der Waals surface area contributed by atoms with E-state index in [0.29, 0.717) is 23.9 Å². The van der Waals surface area contributed by atoms with Crippen LogP contribution in [-0.4, -0.2) is 68.5 Å². The number of phosphoric acid groups is 1. The molecule has 0 rings (SSSR count). The summed E-state index contributed by atoms with van der Waals surface area (Å²) in [5.41, 5.74) is 0. The molecule has 0 spiro atoms. The van der Waals surface area contributed by atoms with Crippen molar-refractivity contribution in [3.05, 3.63) is 182 Å². The number of amides is 1. The Bertz CT molecular complexity index is 2160. The lowest BCUT2D eigenvalue weighted by atomic mass is 10.0. The third kappa shape index (κ3) is 73.0. The Morgan fingerprint density at radius 2 is 0.674 bits per heavy atom. The topological polar surface area (TPSA) is 108 Å². The average molecular weight is 1290 g/mol. The Balaban J connectivity index is 4.27. The second-order valence-electron chi connectivity index (χ2n) is 25.5. The first-order chi connectivity index (χ1) is 45.0. The molecular weight excluding hydrogens is 1150 g/mol. The van der Waals surface area contributed by atoms with E-state index >= 15 is 0 Å². The number of carbonyl (C=O) groups is 1. The number of likely N-dealkylation sites (N-methyl/N-ethyl adjacent to an activating group) is 1. The van der Waals surface area contributed by atoms with Crippen molar-refractivity contribution in [2.45, 2.75) is 296 Å². The Morgan fingerprint density at radius 1 is 0.391 bits per heavy atom. The third-order valence-electron chi connectivity index (χ3n) is 15.6. The van der Waals surface area contributed by atoms with Crippen LogP contribution in [-0.2, 0) is 18.4 Å². The Labute approximate surface area is 567 Å². The quantitative estimate of drug-likeness (QED) is 0.0272. The summed E-state index contributed by atoms with van der Waals surface area (Å²) in [6.07, 6.45) is 113. The van der Waals surface area contributed by atoms with Crippen molar-refractivity contribution in [3.63, 3.8) is 0 Å². The van der Waals surface area contributed by atoms with Gasteiger partial charge in [-0.05, 0) is 135 Å². The average Bonchev–Trinajstić information content (AvgIpc) is 2.63. The van der Waals surface area contributed by atoms with E-state index in [0.717, 1.165) is 109 Å². The molecule has 8 nitrogen and oxygen atoms in total. The first kappa shape index (κ1) is 87.6. The van der Waals surface area contributed by atoms with Gasteiger partial charge < -0.3 is 28.8 Å². The Kier molecular flexibility index (Phi) is 67.5. The SMILES string of the molecule is CC/C=C\C/C=C\C/C=C\C/C=C\C/C=C\C/C=C\C/C=C\C/C=C\C/C=C\C/C=C\C/C=C\C/C=C\CCCCC(=O)NC(COP(=O)([O-])OCC[N+](C)(C)C)C(O)/C=C/CC/C=C/CC/C=C/CCCCCCCCCCCCCCCCCCCCCCC. The van der Waals surface area contributed by atoms with E-state index in [1.54, 1.807) is 6.08 Å². The summed E-state index contributed by atoms with van der Waals surface area (Å²) in [5, 5.41) is 13.9. The zero-order valence-corrected chi connectivity index (χ0v) is 60.6. The molecule has 9 heteroatoms. The van der Waals surface area contributed by atoms with Crippen LogP contribution in [0.2, 0.25) is 0 Å². The molecule has 0 aliphatic heterocycles. The number of aliphatic hydroxyl groups excluding tert-OH is 1. The maximum atomic E-state index is 13.0. The zero-order chi connectivity index (χ0) is 66.9. The molecule has 2 N–H and O–H groups in total. The van der Waals surface area contributed by atoms with Gasteiger partial charge >= 0.3 is 0 Å². The lowest BCUT2D eigenvalue weighted by Crippen LogP contribution is -2.45. The van der Waals surface area contributed by atoms with Crippen LogP contribution in [0.5, 0.6) is 0 Å². The van der Waals surface area contributed by atoms with Crippen molar-refractivity contribution < 1.29 is 32.9 Å². The highest BCUT2D eigenvalue weighted by Gasteiger charge is 2.23. The fourth-order valence-electron chi connectivity index (χ4n) is 9.87. The van der Waals surface area contributed by atoms with Crippen LogP contribution in [0, 0.1) is 0 Å². The Hall–Kier alpha value is -4.40. The molecule has 1 amide bonds. The van der Waals surface area contributed by atoms with Crippen LogP contribution >= 0.6 is 7.82 Å². The highest BCUT2D eigenvalue weighted by atomic mass is 31.2. The molecule has 0 aromatic carbocycles. The second-order valence-corrected chi connectivity index (χ2v) is 27.0. The minimum atomic E-state index is -4.64.